The molecule has 0 heterocycles. The summed E-state index contributed by atoms with van der Waals surface area (Å²) in [7, 11) is 0. The fraction of sp³-hybridized carbons (Fsp3) is 0.714. The van der Waals surface area contributed by atoms with E-state index in [1.807, 2.05) is 0 Å². The summed E-state index contributed by atoms with van der Waals surface area (Å²) in [5.74, 6) is -37.6. The first-order valence-electron chi connectivity index (χ1n) is 4.18. The van der Waals surface area contributed by atoms with Gasteiger partial charge in [-0.15, -0.1) is 0 Å². The summed E-state index contributed by atoms with van der Waals surface area (Å²) in [4.78, 5) is 18.9. The van der Waals surface area contributed by atoms with Crippen LogP contribution in [0.2, 0.25) is 0 Å². The van der Waals surface area contributed by atoms with E-state index in [0.29, 0.717) is 0 Å². The molecule has 2 nitrogen and oxygen atoms in total. The maximum atomic E-state index is 12.6. The number of carbonyl (C=O) groups excluding carboxylic acids is 2. The highest BCUT2D eigenvalue weighted by atomic mass is 19.4. The van der Waals surface area contributed by atoms with E-state index < -0.39 is 41.7 Å². The van der Waals surface area contributed by atoms with Crippen LogP contribution in [-0.4, -0.2) is 41.7 Å². The van der Waals surface area contributed by atoms with Gasteiger partial charge in [0.05, 0.1) is 0 Å². The number of carbonyl (C=O) groups is 2. The largest absolute Gasteiger partial charge is 0.404 e. The normalized spacial score (nSPS) is 15.0. The molecule has 0 N–H and O–H groups in total. The van der Waals surface area contributed by atoms with Gasteiger partial charge in [0.2, 0.25) is 0 Å². The van der Waals surface area contributed by atoms with Crippen LogP contribution < -0.4 is 0 Å². The number of halogens is 12. The van der Waals surface area contributed by atoms with Crippen LogP contribution in [0.5, 0.6) is 0 Å². The van der Waals surface area contributed by atoms with E-state index in [-0.39, 0.29) is 0 Å². The lowest BCUT2D eigenvalue weighted by atomic mass is 9.95. The molecule has 0 aromatic carbocycles. The Bertz CT molecular complexity index is 413. The number of hydrogen-bond donors (Lipinski definition) is 0. The van der Waals surface area contributed by atoms with Crippen LogP contribution in [0.4, 0.5) is 52.7 Å². The lowest BCUT2D eigenvalue weighted by Crippen LogP contribution is -2.69. The molecule has 0 aliphatic carbocycles. The van der Waals surface area contributed by atoms with Crippen LogP contribution in [0, 0.1) is 0 Å². The van der Waals surface area contributed by atoms with Crippen molar-refractivity contribution in [2.24, 2.45) is 0 Å². The quantitative estimate of drug-likeness (QED) is 0.548. The second kappa shape index (κ2) is 4.76. The van der Waals surface area contributed by atoms with Crippen LogP contribution in [0.1, 0.15) is 0 Å². The third kappa shape index (κ3) is 2.33. The first-order chi connectivity index (χ1) is 8.89. The predicted molar refractivity (Wildman–Crippen MR) is 37.0 cm³/mol. The van der Waals surface area contributed by atoms with Crippen molar-refractivity contribution in [3.63, 3.8) is 0 Å². The molecule has 0 spiro atoms. The Morgan fingerprint density at radius 3 is 0.810 bits per heavy atom. The van der Waals surface area contributed by atoms with Crippen molar-refractivity contribution in [2.75, 3.05) is 0 Å². The minimum absolute atomic E-state index is 4.54. The molecule has 0 atom stereocenters. The fourth-order valence-corrected chi connectivity index (χ4v) is 0.838. The van der Waals surface area contributed by atoms with Gasteiger partial charge in [-0.1, -0.05) is 0 Å². The van der Waals surface area contributed by atoms with Crippen LogP contribution >= 0.6 is 0 Å². The van der Waals surface area contributed by atoms with Crippen molar-refractivity contribution >= 4 is 12.1 Å². The molecule has 0 fully saturated rings. The van der Waals surface area contributed by atoms with E-state index in [1.54, 1.807) is 0 Å². The summed E-state index contributed by atoms with van der Waals surface area (Å²) in [6.45, 7) is 0. The van der Waals surface area contributed by atoms with Crippen LogP contribution in [0.15, 0.2) is 0 Å². The first-order valence-corrected chi connectivity index (χ1v) is 4.18. The summed E-state index contributed by atoms with van der Waals surface area (Å²) in [5, 5.41) is 0. The van der Waals surface area contributed by atoms with Gasteiger partial charge in [-0.25, -0.2) is 0 Å². The van der Waals surface area contributed by atoms with Crippen molar-refractivity contribution in [3.8, 4) is 0 Å². The van der Waals surface area contributed by atoms with E-state index >= 15 is 0 Å². The molecule has 0 aromatic rings. The molecule has 0 saturated carbocycles. The average Bonchev–Trinajstić information content (AvgIpc) is 2.27. The minimum atomic E-state index is -7.86. The summed E-state index contributed by atoms with van der Waals surface area (Å²) >= 11 is 0. The molecule has 0 amide bonds. The zero-order chi connectivity index (χ0) is 17.7. The van der Waals surface area contributed by atoms with Gasteiger partial charge in [0.1, 0.15) is 0 Å². The molecule has 0 unspecified atom stereocenters. The van der Waals surface area contributed by atoms with Gasteiger partial charge in [0, 0.05) is 0 Å². The lowest BCUT2D eigenvalue weighted by Gasteiger charge is -2.36. The molecule has 14 heteroatoms. The van der Waals surface area contributed by atoms with Gasteiger partial charge in [-0.2, -0.15) is 52.7 Å². The van der Waals surface area contributed by atoms with Crippen molar-refractivity contribution in [2.45, 2.75) is 29.6 Å². The van der Waals surface area contributed by atoms with Gasteiger partial charge in [0.25, 0.3) is 0 Å². The standard InChI is InChI=1S/C7F12O2/c8-1(20)3(10,11)5(14,15)7(18,19)6(16,17)4(12,13)2(9)21. The maximum absolute atomic E-state index is 12.6. The molecule has 0 radical (unpaired) electrons. The third-order valence-corrected chi connectivity index (χ3v) is 2.07. The van der Waals surface area contributed by atoms with Crippen molar-refractivity contribution in [1.82, 2.24) is 0 Å². The topological polar surface area (TPSA) is 34.1 Å². The Morgan fingerprint density at radius 1 is 0.476 bits per heavy atom. The summed E-state index contributed by atoms with van der Waals surface area (Å²) in [6.07, 6.45) is 0. The molecule has 0 rings (SSSR count). The maximum Gasteiger partial charge on any atom is 0.404 e. The lowest BCUT2D eigenvalue weighted by molar-refractivity contribution is -0.389. The van der Waals surface area contributed by atoms with Crippen LogP contribution in [0.25, 0.3) is 0 Å². The van der Waals surface area contributed by atoms with Crippen molar-refractivity contribution in [3.05, 3.63) is 0 Å². The highest BCUT2D eigenvalue weighted by Crippen LogP contribution is 2.57. The first kappa shape index (κ1) is 19.5. The molecule has 0 aliphatic heterocycles. The molecule has 0 aliphatic rings. The Hall–Kier alpha value is -1.50. The summed E-state index contributed by atoms with van der Waals surface area (Å²) in [6, 6.07) is -9.09. The van der Waals surface area contributed by atoms with E-state index in [0.717, 1.165) is 0 Å². The Labute approximate surface area is 105 Å². The molecular weight excluding hydrogens is 344 g/mol. The highest BCUT2D eigenvalue weighted by molar-refractivity contribution is 5.79. The van der Waals surface area contributed by atoms with Crippen molar-refractivity contribution in [1.29, 1.82) is 0 Å². The van der Waals surface area contributed by atoms with Crippen LogP contribution in [0.3, 0.4) is 0 Å². The zero-order valence-corrected chi connectivity index (χ0v) is 8.85. The average molecular weight is 344 g/mol. The van der Waals surface area contributed by atoms with E-state index in [4.69, 9.17) is 0 Å². The number of rotatable bonds is 6. The molecular formula is C7F12O2. The molecule has 124 valence electrons. The van der Waals surface area contributed by atoms with E-state index in [1.165, 1.54) is 0 Å². The van der Waals surface area contributed by atoms with E-state index in [2.05, 4.69) is 0 Å². The Morgan fingerprint density at radius 2 is 0.667 bits per heavy atom. The van der Waals surface area contributed by atoms with Gasteiger partial charge >= 0.3 is 41.7 Å². The van der Waals surface area contributed by atoms with Gasteiger partial charge < -0.3 is 0 Å². The third-order valence-electron chi connectivity index (χ3n) is 2.07. The van der Waals surface area contributed by atoms with Gasteiger partial charge in [0.15, 0.2) is 0 Å². The zero-order valence-electron chi connectivity index (χ0n) is 8.85. The smallest absolute Gasteiger partial charge is 0.254 e. The monoisotopic (exact) mass is 344 g/mol. The Balaban J connectivity index is 6.21. The van der Waals surface area contributed by atoms with Gasteiger partial charge in [-0.3, -0.25) is 9.59 Å². The molecule has 21 heavy (non-hydrogen) atoms. The predicted octanol–water partition coefficient (Wildman–Crippen LogP) is 3.16. The van der Waals surface area contributed by atoms with E-state index in [9.17, 15) is 62.3 Å². The highest BCUT2D eigenvalue weighted by Gasteiger charge is 2.89. The molecule has 0 aromatic heterocycles. The summed E-state index contributed by atoms with van der Waals surface area (Å²) < 4.78 is 147. The Kier molecular flexibility index (Phi) is 4.42. The molecule has 0 bridgehead atoms. The second-order valence-corrected chi connectivity index (χ2v) is 3.42. The second-order valence-electron chi connectivity index (χ2n) is 3.42. The number of hydrogen-bond acceptors (Lipinski definition) is 2. The number of alkyl halides is 10. The summed E-state index contributed by atoms with van der Waals surface area (Å²) in [5.41, 5.74) is 0. The fourth-order valence-electron chi connectivity index (χ4n) is 0.838. The van der Waals surface area contributed by atoms with Gasteiger partial charge in [-0.05, 0) is 0 Å². The molecule has 0 saturated heterocycles. The SMILES string of the molecule is O=C(F)C(F)(F)C(F)(F)C(F)(F)C(F)(F)C(F)(F)C(=O)F. The van der Waals surface area contributed by atoms with Crippen molar-refractivity contribution < 1.29 is 62.3 Å². The minimum Gasteiger partial charge on any atom is -0.254 e. The van der Waals surface area contributed by atoms with Crippen LogP contribution in [-0.2, 0) is 9.59 Å².